The first kappa shape index (κ1) is 7.77. The first-order chi connectivity index (χ1) is 6.31. The molecule has 0 fully saturated rings. The summed E-state index contributed by atoms with van der Waals surface area (Å²) in [5.74, 6) is 0.555. The van der Waals surface area contributed by atoms with E-state index >= 15 is 0 Å². The number of nitrogens with one attached hydrogen (secondary N) is 1. The third kappa shape index (κ3) is 1.25. The molecule has 13 heavy (non-hydrogen) atoms. The Bertz CT molecular complexity index is 493. The van der Waals surface area contributed by atoms with Crippen LogP contribution in [-0.2, 0) is 4.79 Å². The standard InChI is InChI=1S/C10H8N2O/c1-7-3-2-4-9-8(7)5-10(12-9)11-6-13/h2-5,12H,1H3. The third-order valence-corrected chi connectivity index (χ3v) is 2.03. The first-order valence-corrected chi connectivity index (χ1v) is 3.97. The van der Waals surface area contributed by atoms with Crippen LogP contribution in [0.3, 0.4) is 0 Å². The number of hydrogen-bond acceptors (Lipinski definition) is 2. The minimum atomic E-state index is 0.555. The number of hydrogen-bond donors (Lipinski definition) is 1. The molecule has 0 unspecified atom stereocenters. The molecule has 0 spiro atoms. The van der Waals surface area contributed by atoms with Gasteiger partial charge in [-0.1, -0.05) is 12.1 Å². The lowest BCUT2D eigenvalue weighted by molar-refractivity contribution is 0.565. The molecule has 0 atom stereocenters. The number of rotatable bonds is 1. The summed E-state index contributed by atoms with van der Waals surface area (Å²) < 4.78 is 0. The van der Waals surface area contributed by atoms with E-state index < -0.39 is 0 Å². The number of aromatic nitrogens is 1. The van der Waals surface area contributed by atoms with Crippen LogP contribution in [0, 0.1) is 6.92 Å². The predicted octanol–water partition coefficient (Wildman–Crippen LogP) is 2.44. The quantitative estimate of drug-likeness (QED) is 0.521. The van der Waals surface area contributed by atoms with Crippen molar-refractivity contribution in [3.63, 3.8) is 0 Å². The van der Waals surface area contributed by atoms with Gasteiger partial charge in [0.25, 0.3) is 0 Å². The van der Waals surface area contributed by atoms with Gasteiger partial charge in [0.2, 0.25) is 6.08 Å². The van der Waals surface area contributed by atoms with Crippen molar-refractivity contribution in [1.29, 1.82) is 0 Å². The molecule has 1 aromatic heterocycles. The van der Waals surface area contributed by atoms with Crippen LogP contribution < -0.4 is 0 Å². The number of nitrogens with zero attached hydrogens (tertiary/aromatic N) is 1. The number of H-pyrrole nitrogens is 1. The van der Waals surface area contributed by atoms with E-state index in [-0.39, 0.29) is 0 Å². The van der Waals surface area contributed by atoms with Crippen molar-refractivity contribution in [1.82, 2.24) is 4.98 Å². The molecule has 0 aliphatic rings. The molecule has 3 nitrogen and oxygen atoms in total. The summed E-state index contributed by atoms with van der Waals surface area (Å²) in [5.41, 5.74) is 2.16. The van der Waals surface area contributed by atoms with E-state index in [4.69, 9.17) is 0 Å². The summed E-state index contributed by atoms with van der Waals surface area (Å²) in [4.78, 5) is 16.6. The Morgan fingerprint density at radius 1 is 1.46 bits per heavy atom. The second-order valence-corrected chi connectivity index (χ2v) is 2.89. The van der Waals surface area contributed by atoms with Crippen molar-refractivity contribution in [2.24, 2.45) is 4.99 Å². The molecule has 1 aromatic carbocycles. The molecule has 0 amide bonds. The molecule has 0 radical (unpaired) electrons. The van der Waals surface area contributed by atoms with Crippen molar-refractivity contribution in [3.8, 4) is 0 Å². The fourth-order valence-corrected chi connectivity index (χ4v) is 1.40. The summed E-state index contributed by atoms with van der Waals surface area (Å²) in [6, 6.07) is 7.77. The van der Waals surface area contributed by atoms with Crippen LogP contribution in [0.2, 0.25) is 0 Å². The predicted molar refractivity (Wildman–Crippen MR) is 50.8 cm³/mol. The van der Waals surface area contributed by atoms with Gasteiger partial charge in [0.15, 0.2) is 0 Å². The SMILES string of the molecule is Cc1cccc2[nH]c(N=C=O)cc12. The molecule has 1 heterocycles. The van der Waals surface area contributed by atoms with Gasteiger partial charge in [-0.25, -0.2) is 4.79 Å². The smallest absolute Gasteiger partial charge is 0.242 e. The highest BCUT2D eigenvalue weighted by molar-refractivity contribution is 5.86. The molecular weight excluding hydrogens is 164 g/mol. The van der Waals surface area contributed by atoms with E-state index in [0.717, 1.165) is 10.9 Å². The Morgan fingerprint density at radius 2 is 2.31 bits per heavy atom. The number of aryl methyl sites for hydroxylation is 1. The highest BCUT2D eigenvalue weighted by Crippen LogP contribution is 2.22. The van der Waals surface area contributed by atoms with Crippen molar-refractivity contribution in [2.75, 3.05) is 0 Å². The van der Waals surface area contributed by atoms with E-state index in [0.29, 0.717) is 5.82 Å². The monoisotopic (exact) mass is 172 g/mol. The maximum Gasteiger partial charge on any atom is 0.242 e. The van der Waals surface area contributed by atoms with Gasteiger partial charge in [0.05, 0.1) is 0 Å². The molecule has 0 aliphatic carbocycles. The molecule has 0 aliphatic heterocycles. The number of aliphatic imine (C=N–C) groups is 1. The summed E-state index contributed by atoms with van der Waals surface area (Å²) >= 11 is 0. The maximum absolute atomic E-state index is 10.0. The van der Waals surface area contributed by atoms with E-state index in [2.05, 4.69) is 9.98 Å². The fraction of sp³-hybridized carbons (Fsp3) is 0.100. The normalized spacial score (nSPS) is 9.92. The van der Waals surface area contributed by atoms with Gasteiger partial charge >= 0.3 is 0 Å². The minimum Gasteiger partial charge on any atom is -0.339 e. The average Bonchev–Trinajstić information content (AvgIpc) is 2.49. The lowest BCUT2D eigenvalue weighted by Crippen LogP contribution is -1.71. The van der Waals surface area contributed by atoms with Crippen molar-refractivity contribution in [3.05, 3.63) is 29.8 Å². The largest absolute Gasteiger partial charge is 0.339 e. The molecular formula is C10H8N2O. The maximum atomic E-state index is 10.0. The number of fused-ring (bicyclic) bond motifs is 1. The second-order valence-electron chi connectivity index (χ2n) is 2.89. The van der Waals surface area contributed by atoms with Crippen LogP contribution >= 0.6 is 0 Å². The van der Waals surface area contributed by atoms with E-state index in [1.54, 1.807) is 0 Å². The van der Waals surface area contributed by atoms with Gasteiger partial charge < -0.3 is 4.98 Å². The van der Waals surface area contributed by atoms with E-state index in [9.17, 15) is 4.79 Å². The summed E-state index contributed by atoms with van der Waals surface area (Å²) in [5, 5.41) is 1.09. The van der Waals surface area contributed by atoms with Gasteiger partial charge in [-0.2, -0.15) is 0 Å². The zero-order chi connectivity index (χ0) is 9.26. The van der Waals surface area contributed by atoms with Crippen LogP contribution in [0.5, 0.6) is 0 Å². The molecule has 0 saturated heterocycles. The van der Waals surface area contributed by atoms with Crippen molar-refractivity contribution in [2.45, 2.75) is 6.92 Å². The van der Waals surface area contributed by atoms with Crippen LogP contribution in [0.25, 0.3) is 10.9 Å². The Kier molecular flexibility index (Phi) is 1.72. The zero-order valence-corrected chi connectivity index (χ0v) is 7.16. The first-order valence-electron chi connectivity index (χ1n) is 3.97. The van der Waals surface area contributed by atoms with Gasteiger partial charge in [-0.3, -0.25) is 0 Å². The topological polar surface area (TPSA) is 45.2 Å². The molecule has 1 N–H and O–H groups in total. The van der Waals surface area contributed by atoms with Gasteiger partial charge in [-0.05, 0) is 24.6 Å². The third-order valence-electron chi connectivity index (χ3n) is 2.03. The van der Waals surface area contributed by atoms with Crippen molar-refractivity contribution >= 4 is 22.8 Å². The van der Waals surface area contributed by atoms with Crippen LogP contribution in [0.4, 0.5) is 5.82 Å². The molecule has 3 heteroatoms. The Morgan fingerprint density at radius 3 is 3.00 bits per heavy atom. The van der Waals surface area contributed by atoms with Gasteiger partial charge in [0.1, 0.15) is 5.82 Å². The highest BCUT2D eigenvalue weighted by atomic mass is 16.1. The molecule has 2 rings (SSSR count). The van der Waals surface area contributed by atoms with Gasteiger partial charge in [0, 0.05) is 10.9 Å². The highest BCUT2D eigenvalue weighted by Gasteiger charge is 2.00. The summed E-state index contributed by atoms with van der Waals surface area (Å²) in [6.07, 6.45) is 1.51. The number of carbonyl (C=O) groups excluding carboxylic acids is 1. The van der Waals surface area contributed by atoms with Crippen LogP contribution in [-0.4, -0.2) is 11.1 Å². The number of benzene rings is 1. The van der Waals surface area contributed by atoms with E-state index in [1.807, 2.05) is 31.2 Å². The lowest BCUT2D eigenvalue weighted by Gasteiger charge is -1.91. The van der Waals surface area contributed by atoms with Crippen molar-refractivity contribution < 1.29 is 4.79 Å². The Balaban J connectivity index is 2.75. The second kappa shape index (κ2) is 2.88. The zero-order valence-electron chi connectivity index (χ0n) is 7.16. The van der Waals surface area contributed by atoms with Crippen LogP contribution in [0.1, 0.15) is 5.56 Å². The Hall–Kier alpha value is -1.86. The van der Waals surface area contributed by atoms with E-state index in [1.165, 1.54) is 11.6 Å². The van der Waals surface area contributed by atoms with Gasteiger partial charge in [-0.15, -0.1) is 4.99 Å². The molecule has 0 saturated carbocycles. The fourth-order valence-electron chi connectivity index (χ4n) is 1.40. The lowest BCUT2D eigenvalue weighted by atomic mass is 10.1. The van der Waals surface area contributed by atoms with Crippen LogP contribution in [0.15, 0.2) is 29.3 Å². The number of aromatic amines is 1. The molecule has 2 aromatic rings. The minimum absolute atomic E-state index is 0.555. The molecule has 0 bridgehead atoms. The summed E-state index contributed by atoms with van der Waals surface area (Å²) in [7, 11) is 0. The average molecular weight is 172 g/mol. The summed E-state index contributed by atoms with van der Waals surface area (Å²) in [6.45, 7) is 2.02. The Labute approximate surface area is 75.1 Å². The number of isocyanates is 1. The molecule has 64 valence electrons.